The van der Waals surface area contributed by atoms with Crippen molar-refractivity contribution in [3.8, 4) is 0 Å². The van der Waals surface area contributed by atoms with Crippen LogP contribution in [-0.4, -0.2) is 91.0 Å². The highest BCUT2D eigenvalue weighted by atomic mass is 32.2. The number of hydrogen-bond acceptors (Lipinski definition) is 7. The van der Waals surface area contributed by atoms with Crippen LogP contribution in [0.15, 0.2) is 12.7 Å². The van der Waals surface area contributed by atoms with E-state index in [-0.39, 0.29) is 6.42 Å². The highest BCUT2D eigenvalue weighted by Crippen LogP contribution is 2.31. The molecule has 0 aliphatic rings. The molecule has 0 fully saturated rings. The van der Waals surface area contributed by atoms with Crippen LogP contribution < -0.4 is 0 Å². The minimum atomic E-state index is -4.61. The summed E-state index contributed by atoms with van der Waals surface area (Å²) in [7, 11) is -4.61. The fourth-order valence-corrected chi connectivity index (χ4v) is 6.80. The summed E-state index contributed by atoms with van der Waals surface area (Å²) in [5.74, 6) is -3.17. The molecular weight excluding hydrogens is 616 g/mol. The maximum Gasteiger partial charge on any atom is 0.328 e. The quantitative estimate of drug-likeness (QED) is 0.0431. The van der Waals surface area contributed by atoms with E-state index in [0.29, 0.717) is 12.8 Å². The largest absolute Gasteiger partial charge is 0.481 e. The van der Waals surface area contributed by atoms with E-state index in [9.17, 15) is 23.1 Å². The number of aliphatic carboxylic acids is 2. The van der Waals surface area contributed by atoms with Gasteiger partial charge in [0.15, 0.2) is 0 Å². The Morgan fingerprint density at radius 1 is 0.617 bits per heavy atom. The van der Waals surface area contributed by atoms with Crippen molar-refractivity contribution in [2.24, 2.45) is 0 Å². The summed E-state index contributed by atoms with van der Waals surface area (Å²) >= 11 is 0. The Bertz CT molecular complexity index is 808. The molecule has 10 heteroatoms. The number of carbonyl (C=O) groups is 2. The highest BCUT2D eigenvalue weighted by Gasteiger charge is 2.53. The normalized spacial score (nSPS) is 12.5. The Hall–Kier alpha value is -1.49. The van der Waals surface area contributed by atoms with Gasteiger partial charge in [-0.15, -0.1) is 6.58 Å². The molecule has 0 radical (unpaired) electrons. The van der Waals surface area contributed by atoms with Crippen LogP contribution in [0.3, 0.4) is 0 Å². The summed E-state index contributed by atoms with van der Waals surface area (Å²) in [5, 5.41) is 18.7. The summed E-state index contributed by atoms with van der Waals surface area (Å²) in [6.45, 7) is 25.4. The van der Waals surface area contributed by atoms with Crippen molar-refractivity contribution in [3.63, 3.8) is 0 Å². The highest BCUT2D eigenvalue weighted by molar-refractivity contribution is 7.89. The molecule has 0 aromatic carbocycles. The van der Waals surface area contributed by atoms with Gasteiger partial charge in [-0.05, 0) is 45.7 Å². The van der Waals surface area contributed by atoms with Gasteiger partial charge in [0, 0.05) is 0 Å². The molecule has 0 rings (SSSR count). The minimum absolute atomic E-state index is 0.285. The van der Waals surface area contributed by atoms with Crippen LogP contribution in [0.4, 0.5) is 0 Å². The van der Waals surface area contributed by atoms with Crippen LogP contribution in [-0.2, 0) is 23.9 Å². The number of hydrogen-bond donors (Lipinski definition) is 2. The molecule has 0 spiro atoms. The van der Waals surface area contributed by atoms with Gasteiger partial charge in [0.1, 0.15) is 0 Å². The number of carboxylic acid groups (broad SMARTS) is 2. The summed E-state index contributed by atoms with van der Waals surface area (Å²) in [4.78, 5) is 27.8. The van der Waals surface area contributed by atoms with Crippen molar-refractivity contribution >= 4 is 22.1 Å². The predicted octanol–water partition coefficient (Wildman–Crippen LogP) is 9.16. The van der Waals surface area contributed by atoms with Gasteiger partial charge in [-0.1, -0.05) is 157 Å². The van der Waals surface area contributed by atoms with E-state index < -0.39 is 39.8 Å². The van der Waals surface area contributed by atoms with Crippen LogP contribution in [0.2, 0.25) is 0 Å². The standard InChI is InChI=1S/C25H46O7S.2C6H15N/c1-3-5-6-7-8-9-10-11-12-13-14-15-16-17-18-19-20-25(24(28)29,22-23(26)27)33(30,31)32-21-4-2;2*1-4-7(5-2)6-3/h4H,2-3,5-22H2,1H3,(H,26,27)(H,28,29);2*4-6H2,1-3H3. The van der Waals surface area contributed by atoms with E-state index >= 15 is 0 Å². The first kappa shape index (κ1) is 49.9. The number of unbranched alkanes of at least 4 members (excludes halogenated alkanes) is 15. The predicted molar refractivity (Wildman–Crippen MR) is 199 cm³/mol. The Morgan fingerprint density at radius 2 is 0.936 bits per heavy atom. The zero-order chi connectivity index (χ0) is 36.4. The van der Waals surface area contributed by atoms with Crippen molar-refractivity contribution in [3.05, 3.63) is 12.7 Å². The zero-order valence-corrected chi connectivity index (χ0v) is 32.5. The lowest BCUT2D eigenvalue weighted by Crippen LogP contribution is -2.49. The van der Waals surface area contributed by atoms with Crippen molar-refractivity contribution in [2.45, 2.75) is 169 Å². The van der Waals surface area contributed by atoms with Crippen LogP contribution in [0, 0.1) is 0 Å². The van der Waals surface area contributed by atoms with Gasteiger partial charge in [-0.2, -0.15) is 8.42 Å². The maximum absolute atomic E-state index is 12.5. The first-order chi connectivity index (χ1) is 22.4. The van der Waals surface area contributed by atoms with E-state index in [0.717, 1.165) is 19.3 Å². The van der Waals surface area contributed by atoms with Gasteiger partial charge in [-0.25, -0.2) is 0 Å². The minimum Gasteiger partial charge on any atom is -0.481 e. The fraction of sp³-hybridized carbons (Fsp3) is 0.892. The van der Waals surface area contributed by atoms with Gasteiger partial charge in [-0.3, -0.25) is 13.8 Å². The molecular formula is C37H76N2O7S. The van der Waals surface area contributed by atoms with Crippen molar-refractivity contribution in [1.82, 2.24) is 9.80 Å². The average molecular weight is 693 g/mol. The molecule has 0 saturated carbocycles. The molecule has 0 saturated heterocycles. The van der Waals surface area contributed by atoms with Crippen molar-refractivity contribution in [2.75, 3.05) is 45.9 Å². The Kier molecular flexibility index (Phi) is 36.5. The maximum atomic E-state index is 12.5. The molecule has 1 unspecified atom stereocenters. The molecule has 0 aromatic heterocycles. The van der Waals surface area contributed by atoms with Gasteiger partial charge in [0.25, 0.3) is 10.1 Å². The monoisotopic (exact) mass is 693 g/mol. The topological polar surface area (TPSA) is 124 Å². The van der Waals surface area contributed by atoms with E-state index in [4.69, 9.17) is 9.29 Å². The lowest BCUT2D eigenvalue weighted by molar-refractivity contribution is -0.147. The lowest BCUT2D eigenvalue weighted by Gasteiger charge is -2.26. The molecule has 0 amide bonds. The van der Waals surface area contributed by atoms with Crippen molar-refractivity contribution in [1.29, 1.82) is 0 Å². The van der Waals surface area contributed by atoms with Crippen LogP contribution in [0.25, 0.3) is 0 Å². The number of nitrogens with zero attached hydrogens (tertiary/aromatic N) is 2. The molecule has 0 aromatic rings. The summed E-state index contributed by atoms with van der Waals surface area (Å²) in [6.07, 6.45) is 18.2. The molecule has 0 aliphatic carbocycles. The summed E-state index contributed by atoms with van der Waals surface area (Å²) in [6, 6.07) is 0. The Morgan fingerprint density at radius 3 is 1.17 bits per heavy atom. The van der Waals surface area contributed by atoms with Gasteiger partial charge >= 0.3 is 11.9 Å². The Balaban J connectivity index is -0.00000114. The van der Waals surface area contributed by atoms with E-state index in [1.807, 2.05) is 0 Å². The molecule has 0 aliphatic heterocycles. The van der Waals surface area contributed by atoms with Gasteiger partial charge in [0.2, 0.25) is 4.75 Å². The van der Waals surface area contributed by atoms with Gasteiger partial charge < -0.3 is 20.0 Å². The van der Waals surface area contributed by atoms with E-state index in [1.165, 1.54) is 116 Å². The van der Waals surface area contributed by atoms with Crippen LogP contribution >= 0.6 is 0 Å². The van der Waals surface area contributed by atoms with Crippen LogP contribution in [0.5, 0.6) is 0 Å². The molecule has 282 valence electrons. The second-order valence-corrected chi connectivity index (χ2v) is 14.1. The number of rotatable bonds is 30. The molecule has 0 bridgehead atoms. The van der Waals surface area contributed by atoms with E-state index in [1.54, 1.807) is 0 Å². The Labute approximate surface area is 291 Å². The molecule has 0 heterocycles. The second kappa shape index (κ2) is 34.4. The summed E-state index contributed by atoms with van der Waals surface area (Å²) < 4.78 is 27.2. The number of carboxylic acids is 2. The SMILES string of the molecule is C=CCOS(=O)(=O)C(CCCCCCCCCCCCCCCCCC)(CC(=O)O)C(=O)O.CCN(CC)CC.CCN(CC)CC. The third kappa shape index (κ3) is 27.1. The lowest BCUT2D eigenvalue weighted by atomic mass is 9.96. The summed E-state index contributed by atoms with van der Waals surface area (Å²) in [5.41, 5.74) is 0. The first-order valence-electron chi connectivity index (χ1n) is 18.8. The zero-order valence-electron chi connectivity index (χ0n) is 31.7. The second-order valence-electron chi connectivity index (χ2n) is 12.2. The van der Waals surface area contributed by atoms with E-state index in [2.05, 4.69) is 64.8 Å². The molecule has 1 atom stereocenters. The van der Waals surface area contributed by atoms with Crippen molar-refractivity contribution < 1.29 is 32.4 Å². The first-order valence-corrected chi connectivity index (χ1v) is 20.2. The van der Waals surface area contributed by atoms with Crippen LogP contribution in [0.1, 0.15) is 164 Å². The third-order valence-corrected chi connectivity index (χ3v) is 10.7. The smallest absolute Gasteiger partial charge is 0.328 e. The fourth-order valence-electron chi connectivity index (χ4n) is 5.39. The third-order valence-electron chi connectivity index (χ3n) is 8.76. The van der Waals surface area contributed by atoms with Gasteiger partial charge in [0.05, 0.1) is 13.0 Å². The molecule has 47 heavy (non-hydrogen) atoms. The molecule has 2 N–H and O–H groups in total. The average Bonchev–Trinajstić information content (AvgIpc) is 3.05. The molecule has 9 nitrogen and oxygen atoms in total.